The molecule has 2 rings (SSSR count). The van der Waals surface area contributed by atoms with E-state index in [0.29, 0.717) is 18.2 Å². The van der Waals surface area contributed by atoms with Crippen LogP contribution in [0, 0.1) is 5.92 Å². The molecule has 0 amide bonds. The standard InChI is InChI=1S/C13H22N2O3S/c1-13(2,10-5-6-10)14-9-11-7-8-12(18-11)19(16,17)15(3)4/h7-8,10,14H,5-6,9H2,1-4H3. The van der Waals surface area contributed by atoms with Gasteiger partial charge in [-0.05, 0) is 44.7 Å². The summed E-state index contributed by atoms with van der Waals surface area (Å²) in [4.78, 5) is 0. The van der Waals surface area contributed by atoms with Crippen LogP contribution in [-0.4, -0.2) is 32.4 Å². The highest BCUT2D eigenvalue weighted by Crippen LogP contribution is 2.39. The van der Waals surface area contributed by atoms with Crippen LogP contribution in [0.3, 0.4) is 0 Å². The Balaban J connectivity index is 2.02. The van der Waals surface area contributed by atoms with E-state index < -0.39 is 10.0 Å². The van der Waals surface area contributed by atoms with E-state index in [1.807, 2.05) is 0 Å². The molecule has 1 aromatic heterocycles. The van der Waals surface area contributed by atoms with Gasteiger partial charge in [0.2, 0.25) is 5.09 Å². The molecule has 1 saturated carbocycles. The second-order valence-electron chi connectivity index (χ2n) is 5.86. The molecule has 0 aliphatic heterocycles. The van der Waals surface area contributed by atoms with Crippen molar-refractivity contribution in [2.75, 3.05) is 14.1 Å². The van der Waals surface area contributed by atoms with Gasteiger partial charge in [-0.1, -0.05) is 0 Å². The molecular weight excluding hydrogens is 264 g/mol. The predicted octanol–water partition coefficient (Wildman–Crippen LogP) is 1.81. The Morgan fingerprint density at radius 1 is 1.37 bits per heavy atom. The van der Waals surface area contributed by atoms with Gasteiger partial charge in [0.25, 0.3) is 10.0 Å². The summed E-state index contributed by atoms with van der Waals surface area (Å²) < 4.78 is 30.3. The van der Waals surface area contributed by atoms with E-state index in [0.717, 1.165) is 4.31 Å². The Morgan fingerprint density at radius 3 is 2.53 bits per heavy atom. The Kier molecular flexibility index (Phi) is 3.77. The minimum absolute atomic E-state index is 0.00136. The molecule has 0 radical (unpaired) electrons. The van der Waals surface area contributed by atoms with E-state index in [1.165, 1.54) is 33.0 Å². The lowest BCUT2D eigenvalue weighted by Crippen LogP contribution is -2.40. The van der Waals surface area contributed by atoms with Crippen LogP contribution in [0.5, 0.6) is 0 Å². The van der Waals surface area contributed by atoms with Gasteiger partial charge < -0.3 is 9.73 Å². The zero-order valence-corrected chi connectivity index (χ0v) is 12.8. The predicted molar refractivity (Wildman–Crippen MR) is 73.2 cm³/mol. The smallest absolute Gasteiger partial charge is 0.275 e. The van der Waals surface area contributed by atoms with Gasteiger partial charge in [0.15, 0.2) is 0 Å². The Morgan fingerprint density at radius 2 is 2.00 bits per heavy atom. The van der Waals surface area contributed by atoms with E-state index >= 15 is 0 Å². The van der Waals surface area contributed by atoms with Crippen molar-refractivity contribution < 1.29 is 12.8 Å². The molecule has 0 aromatic carbocycles. The van der Waals surface area contributed by atoms with Crippen molar-refractivity contribution in [3.63, 3.8) is 0 Å². The SMILES string of the molecule is CN(C)S(=O)(=O)c1ccc(CNC(C)(C)C2CC2)o1. The fraction of sp³-hybridized carbons (Fsp3) is 0.692. The number of nitrogens with one attached hydrogen (secondary N) is 1. The number of rotatable bonds is 6. The molecule has 19 heavy (non-hydrogen) atoms. The first-order valence-electron chi connectivity index (χ1n) is 6.50. The Bertz CT molecular complexity index is 542. The van der Waals surface area contributed by atoms with Gasteiger partial charge in [0.1, 0.15) is 5.76 Å². The normalized spacial score (nSPS) is 17.1. The minimum atomic E-state index is -3.47. The van der Waals surface area contributed by atoms with Gasteiger partial charge in [0, 0.05) is 19.6 Å². The number of furan rings is 1. The van der Waals surface area contributed by atoms with Crippen LogP contribution < -0.4 is 5.32 Å². The summed E-state index contributed by atoms with van der Waals surface area (Å²) in [6, 6.07) is 3.23. The van der Waals surface area contributed by atoms with Gasteiger partial charge in [-0.3, -0.25) is 0 Å². The molecule has 0 spiro atoms. The number of hydrogen-bond donors (Lipinski definition) is 1. The van der Waals surface area contributed by atoms with E-state index in [4.69, 9.17) is 4.42 Å². The fourth-order valence-electron chi connectivity index (χ4n) is 2.04. The summed E-state index contributed by atoms with van der Waals surface area (Å²) in [6.45, 7) is 4.89. The molecular formula is C13H22N2O3S. The molecule has 0 unspecified atom stereocenters. The second kappa shape index (κ2) is 4.92. The molecule has 1 aromatic rings. The number of nitrogens with zero attached hydrogens (tertiary/aromatic N) is 1. The van der Waals surface area contributed by atoms with Gasteiger partial charge in [-0.25, -0.2) is 12.7 Å². The maximum absolute atomic E-state index is 11.9. The largest absolute Gasteiger partial charge is 0.447 e. The summed E-state index contributed by atoms with van der Waals surface area (Å²) >= 11 is 0. The average molecular weight is 286 g/mol. The average Bonchev–Trinajstić information content (AvgIpc) is 3.06. The molecule has 1 fully saturated rings. The lowest BCUT2D eigenvalue weighted by atomic mass is 9.99. The third kappa shape index (κ3) is 3.19. The minimum Gasteiger partial charge on any atom is -0.447 e. The van der Waals surface area contributed by atoms with E-state index in [2.05, 4.69) is 19.2 Å². The van der Waals surface area contributed by atoms with Crippen molar-refractivity contribution in [2.45, 2.75) is 43.9 Å². The summed E-state index contributed by atoms with van der Waals surface area (Å²) in [6.07, 6.45) is 2.52. The maximum Gasteiger partial charge on any atom is 0.275 e. The van der Waals surface area contributed by atoms with E-state index in [9.17, 15) is 8.42 Å². The van der Waals surface area contributed by atoms with E-state index in [-0.39, 0.29) is 10.6 Å². The van der Waals surface area contributed by atoms with Crippen molar-refractivity contribution in [3.05, 3.63) is 17.9 Å². The molecule has 1 N–H and O–H groups in total. The maximum atomic E-state index is 11.9. The van der Waals surface area contributed by atoms with Crippen LogP contribution in [0.4, 0.5) is 0 Å². The highest BCUT2D eigenvalue weighted by atomic mass is 32.2. The van der Waals surface area contributed by atoms with Crippen LogP contribution in [0.25, 0.3) is 0 Å². The lowest BCUT2D eigenvalue weighted by Gasteiger charge is -2.25. The molecule has 108 valence electrons. The molecule has 6 heteroatoms. The third-order valence-corrected chi connectivity index (χ3v) is 5.38. The topological polar surface area (TPSA) is 62.6 Å². The zero-order chi connectivity index (χ0) is 14.3. The third-order valence-electron chi connectivity index (χ3n) is 3.69. The van der Waals surface area contributed by atoms with Gasteiger partial charge >= 0.3 is 0 Å². The molecule has 5 nitrogen and oxygen atoms in total. The van der Waals surface area contributed by atoms with Gasteiger partial charge in [-0.2, -0.15) is 0 Å². The molecule has 1 aliphatic carbocycles. The van der Waals surface area contributed by atoms with Crippen molar-refractivity contribution >= 4 is 10.0 Å². The zero-order valence-electron chi connectivity index (χ0n) is 11.9. The van der Waals surface area contributed by atoms with E-state index in [1.54, 1.807) is 6.07 Å². The molecule has 0 atom stereocenters. The van der Waals surface area contributed by atoms with Crippen LogP contribution >= 0.6 is 0 Å². The van der Waals surface area contributed by atoms with Crippen LogP contribution in [0.2, 0.25) is 0 Å². The van der Waals surface area contributed by atoms with Gasteiger partial charge in [-0.15, -0.1) is 0 Å². The second-order valence-corrected chi connectivity index (χ2v) is 7.94. The van der Waals surface area contributed by atoms with Crippen LogP contribution in [-0.2, 0) is 16.6 Å². The molecule has 1 heterocycles. The van der Waals surface area contributed by atoms with Crippen LogP contribution in [0.15, 0.2) is 21.6 Å². The molecule has 1 aliphatic rings. The lowest BCUT2D eigenvalue weighted by molar-refractivity contribution is 0.311. The highest BCUT2D eigenvalue weighted by Gasteiger charge is 2.37. The quantitative estimate of drug-likeness (QED) is 0.866. The molecule has 0 bridgehead atoms. The monoisotopic (exact) mass is 286 g/mol. The first-order chi connectivity index (χ1) is 8.73. The van der Waals surface area contributed by atoms with Crippen molar-refractivity contribution in [2.24, 2.45) is 5.92 Å². The summed E-state index contributed by atoms with van der Waals surface area (Å²) in [5.41, 5.74) is 0.0768. The summed E-state index contributed by atoms with van der Waals surface area (Å²) in [7, 11) is -0.491. The Hall–Kier alpha value is -0.850. The summed E-state index contributed by atoms with van der Waals surface area (Å²) in [5, 5.41) is 3.43. The fourth-order valence-corrected chi connectivity index (χ4v) is 2.85. The summed E-state index contributed by atoms with van der Waals surface area (Å²) in [5.74, 6) is 1.36. The van der Waals surface area contributed by atoms with Crippen LogP contribution in [0.1, 0.15) is 32.4 Å². The van der Waals surface area contributed by atoms with Crippen molar-refractivity contribution in [3.8, 4) is 0 Å². The van der Waals surface area contributed by atoms with Gasteiger partial charge in [0.05, 0.1) is 6.54 Å². The van der Waals surface area contributed by atoms with Crippen molar-refractivity contribution in [1.29, 1.82) is 0 Å². The highest BCUT2D eigenvalue weighted by molar-refractivity contribution is 7.88. The first-order valence-corrected chi connectivity index (χ1v) is 7.94. The molecule has 0 saturated heterocycles. The van der Waals surface area contributed by atoms with Crippen molar-refractivity contribution in [1.82, 2.24) is 9.62 Å². The number of hydrogen-bond acceptors (Lipinski definition) is 4. The Labute approximate surface area is 115 Å². The number of sulfonamides is 1. The first kappa shape index (κ1) is 14.6.